The first-order valence-corrected chi connectivity index (χ1v) is 8.97. The van der Waals surface area contributed by atoms with Crippen molar-refractivity contribution in [2.45, 2.75) is 51.1 Å². The Hall–Kier alpha value is -0.460. The standard InChI is InChI=1S/C15H29N3O2S.ClH/c1-12(16-2)9-17-14(19)10-21-11-15(20)18(3)13-7-5-4-6-8-13;/h12-13,16H,4-11H2,1-3H3,(H,17,19);1H. The van der Waals surface area contributed by atoms with Crippen LogP contribution in [0.5, 0.6) is 0 Å². The van der Waals surface area contributed by atoms with Crippen molar-refractivity contribution in [3.8, 4) is 0 Å². The molecule has 2 amide bonds. The molecule has 7 heteroatoms. The van der Waals surface area contributed by atoms with E-state index in [1.54, 1.807) is 0 Å². The van der Waals surface area contributed by atoms with E-state index in [9.17, 15) is 9.59 Å². The van der Waals surface area contributed by atoms with Crippen molar-refractivity contribution < 1.29 is 9.59 Å². The first-order valence-electron chi connectivity index (χ1n) is 7.82. The lowest BCUT2D eigenvalue weighted by molar-refractivity contribution is -0.129. The van der Waals surface area contributed by atoms with E-state index in [0.29, 0.717) is 24.1 Å². The molecule has 0 saturated heterocycles. The normalized spacial score (nSPS) is 16.5. The topological polar surface area (TPSA) is 61.4 Å². The Balaban J connectivity index is 0.00000441. The monoisotopic (exact) mass is 351 g/mol. The average molecular weight is 352 g/mol. The lowest BCUT2D eigenvalue weighted by atomic mass is 9.94. The molecule has 22 heavy (non-hydrogen) atoms. The van der Waals surface area contributed by atoms with Gasteiger partial charge >= 0.3 is 0 Å². The third kappa shape index (κ3) is 8.25. The highest BCUT2D eigenvalue weighted by atomic mass is 35.5. The van der Waals surface area contributed by atoms with Crippen LogP contribution >= 0.6 is 24.2 Å². The number of thioether (sulfide) groups is 1. The van der Waals surface area contributed by atoms with Gasteiger partial charge in [-0.25, -0.2) is 0 Å². The van der Waals surface area contributed by atoms with Crippen LogP contribution in [0.4, 0.5) is 0 Å². The van der Waals surface area contributed by atoms with Gasteiger partial charge in [0.15, 0.2) is 0 Å². The van der Waals surface area contributed by atoms with Gasteiger partial charge in [0, 0.05) is 25.7 Å². The molecule has 130 valence electrons. The summed E-state index contributed by atoms with van der Waals surface area (Å²) in [4.78, 5) is 25.6. The summed E-state index contributed by atoms with van der Waals surface area (Å²) in [7, 11) is 3.76. The van der Waals surface area contributed by atoms with Gasteiger partial charge in [0.2, 0.25) is 11.8 Å². The molecule has 0 spiro atoms. The van der Waals surface area contributed by atoms with E-state index >= 15 is 0 Å². The zero-order valence-corrected chi connectivity index (χ0v) is 15.5. The summed E-state index contributed by atoms with van der Waals surface area (Å²) in [6.07, 6.45) is 5.98. The zero-order valence-electron chi connectivity index (χ0n) is 13.9. The van der Waals surface area contributed by atoms with E-state index in [2.05, 4.69) is 10.6 Å². The van der Waals surface area contributed by atoms with Crippen LogP contribution in [0, 0.1) is 0 Å². The SMILES string of the molecule is CNC(C)CNC(=O)CSCC(=O)N(C)C1CCCCC1.Cl. The molecule has 0 aromatic rings. The molecule has 0 bridgehead atoms. The van der Waals surface area contributed by atoms with Gasteiger partial charge in [-0.3, -0.25) is 9.59 Å². The van der Waals surface area contributed by atoms with E-state index in [4.69, 9.17) is 0 Å². The molecular formula is C15H30ClN3O2S. The molecule has 1 saturated carbocycles. The molecule has 0 aromatic heterocycles. The first kappa shape index (κ1) is 21.5. The third-order valence-electron chi connectivity index (χ3n) is 4.07. The highest BCUT2D eigenvalue weighted by molar-refractivity contribution is 8.00. The number of nitrogens with zero attached hydrogens (tertiary/aromatic N) is 1. The largest absolute Gasteiger partial charge is 0.354 e. The zero-order chi connectivity index (χ0) is 15.7. The van der Waals surface area contributed by atoms with Crippen LogP contribution in [-0.2, 0) is 9.59 Å². The van der Waals surface area contributed by atoms with Gasteiger partial charge in [0.1, 0.15) is 0 Å². The van der Waals surface area contributed by atoms with Crippen molar-refractivity contribution in [2.75, 3.05) is 32.1 Å². The van der Waals surface area contributed by atoms with Crippen LogP contribution in [0.1, 0.15) is 39.0 Å². The van der Waals surface area contributed by atoms with Crippen molar-refractivity contribution in [2.24, 2.45) is 0 Å². The molecule has 5 nitrogen and oxygen atoms in total. The molecule has 1 aliphatic rings. The minimum Gasteiger partial charge on any atom is -0.354 e. The highest BCUT2D eigenvalue weighted by Gasteiger charge is 2.21. The number of hydrogen-bond donors (Lipinski definition) is 2. The fourth-order valence-electron chi connectivity index (χ4n) is 2.42. The van der Waals surface area contributed by atoms with Crippen LogP contribution in [0.2, 0.25) is 0 Å². The number of carbonyl (C=O) groups is 2. The molecule has 0 radical (unpaired) electrons. The Labute approximate surface area is 144 Å². The van der Waals surface area contributed by atoms with Crippen LogP contribution in [0.25, 0.3) is 0 Å². The van der Waals surface area contributed by atoms with Crippen LogP contribution in [0.15, 0.2) is 0 Å². The molecular weight excluding hydrogens is 322 g/mol. The van der Waals surface area contributed by atoms with Gasteiger partial charge in [0.05, 0.1) is 11.5 Å². The summed E-state index contributed by atoms with van der Waals surface area (Å²) >= 11 is 1.40. The van der Waals surface area contributed by atoms with Crippen LogP contribution < -0.4 is 10.6 Å². The van der Waals surface area contributed by atoms with Crippen molar-refractivity contribution in [3.63, 3.8) is 0 Å². The minimum atomic E-state index is -0.00443. The van der Waals surface area contributed by atoms with Gasteiger partial charge in [-0.1, -0.05) is 19.3 Å². The van der Waals surface area contributed by atoms with Crippen molar-refractivity contribution in [1.82, 2.24) is 15.5 Å². The second-order valence-corrected chi connectivity index (χ2v) is 6.77. The Kier molecular flexibility index (Phi) is 11.8. The number of nitrogens with one attached hydrogen (secondary N) is 2. The van der Waals surface area contributed by atoms with E-state index in [1.807, 2.05) is 25.9 Å². The molecule has 1 aliphatic carbocycles. The molecule has 1 atom stereocenters. The number of rotatable bonds is 8. The fraction of sp³-hybridized carbons (Fsp3) is 0.867. The van der Waals surface area contributed by atoms with Gasteiger partial charge in [0.25, 0.3) is 0 Å². The Bertz CT molecular complexity index is 339. The Morgan fingerprint density at radius 2 is 1.86 bits per heavy atom. The van der Waals surface area contributed by atoms with E-state index in [-0.39, 0.29) is 30.3 Å². The molecule has 0 aliphatic heterocycles. The molecule has 1 rings (SSSR count). The summed E-state index contributed by atoms with van der Waals surface area (Å²) in [5.41, 5.74) is 0. The number of likely N-dealkylation sites (N-methyl/N-ethyl adjacent to an activating group) is 1. The number of carbonyl (C=O) groups excluding carboxylic acids is 2. The minimum absolute atomic E-state index is 0. The highest BCUT2D eigenvalue weighted by Crippen LogP contribution is 2.22. The molecule has 1 unspecified atom stereocenters. The van der Waals surface area contributed by atoms with E-state index in [1.165, 1.54) is 31.0 Å². The lowest BCUT2D eigenvalue weighted by Crippen LogP contribution is -2.40. The maximum Gasteiger partial charge on any atom is 0.232 e. The Morgan fingerprint density at radius 3 is 2.45 bits per heavy atom. The summed E-state index contributed by atoms with van der Waals surface area (Å²) in [5.74, 6) is 0.876. The summed E-state index contributed by atoms with van der Waals surface area (Å²) in [6, 6.07) is 0.662. The van der Waals surface area contributed by atoms with E-state index in [0.717, 1.165) is 12.8 Å². The first-order chi connectivity index (χ1) is 10.0. The lowest BCUT2D eigenvalue weighted by Gasteiger charge is -2.31. The predicted molar refractivity (Wildman–Crippen MR) is 95.7 cm³/mol. The Morgan fingerprint density at radius 1 is 1.23 bits per heavy atom. The van der Waals surface area contributed by atoms with Crippen molar-refractivity contribution in [1.29, 1.82) is 0 Å². The van der Waals surface area contributed by atoms with E-state index < -0.39 is 0 Å². The number of amides is 2. The van der Waals surface area contributed by atoms with Crippen LogP contribution in [-0.4, -0.2) is 60.9 Å². The third-order valence-corrected chi connectivity index (χ3v) is 4.99. The predicted octanol–water partition coefficient (Wildman–Crippen LogP) is 1.66. The quantitative estimate of drug-likeness (QED) is 0.698. The summed E-state index contributed by atoms with van der Waals surface area (Å²) < 4.78 is 0. The maximum absolute atomic E-state index is 12.1. The summed E-state index contributed by atoms with van der Waals surface area (Å²) in [6.45, 7) is 2.63. The average Bonchev–Trinajstić information content (AvgIpc) is 2.52. The van der Waals surface area contributed by atoms with Gasteiger partial charge in [-0.15, -0.1) is 24.2 Å². The van der Waals surface area contributed by atoms with Gasteiger partial charge < -0.3 is 15.5 Å². The van der Waals surface area contributed by atoms with Crippen LogP contribution in [0.3, 0.4) is 0 Å². The fourth-order valence-corrected chi connectivity index (χ4v) is 3.19. The molecule has 0 heterocycles. The van der Waals surface area contributed by atoms with Crippen molar-refractivity contribution >= 4 is 36.0 Å². The molecule has 0 aromatic carbocycles. The van der Waals surface area contributed by atoms with Crippen molar-refractivity contribution in [3.05, 3.63) is 0 Å². The smallest absolute Gasteiger partial charge is 0.232 e. The number of halogens is 1. The number of hydrogen-bond acceptors (Lipinski definition) is 4. The second-order valence-electron chi connectivity index (χ2n) is 5.78. The van der Waals surface area contributed by atoms with Gasteiger partial charge in [-0.2, -0.15) is 0 Å². The summed E-state index contributed by atoms with van der Waals surface area (Å²) in [5, 5.41) is 5.92. The molecule has 1 fully saturated rings. The second kappa shape index (κ2) is 12.0. The van der Waals surface area contributed by atoms with Gasteiger partial charge in [-0.05, 0) is 26.8 Å². The molecule has 2 N–H and O–H groups in total. The maximum atomic E-state index is 12.1.